The first-order valence-corrected chi connectivity index (χ1v) is 11.4. The molecule has 0 N–H and O–H groups in total. The highest BCUT2D eigenvalue weighted by molar-refractivity contribution is 9.10. The number of hydrogen-bond acceptors (Lipinski definition) is 2. The third-order valence-electron chi connectivity index (χ3n) is 4.81. The van der Waals surface area contributed by atoms with Crippen LogP contribution in [0.4, 0.5) is 0 Å². The first-order valence-electron chi connectivity index (χ1n) is 8.50. The highest BCUT2D eigenvalue weighted by Gasteiger charge is 2.45. The van der Waals surface area contributed by atoms with Gasteiger partial charge in [0, 0.05) is 28.8 Å². The molecule has 0 saturated heterocycles. The van der Waals surface area contributed by atoms with E-state index in [1.807, 2.05) is 49.4 Å². The normalized spacial score (nSPS) is 13.6. The average molecular weight is 431 g/mol. The minimum atomic E-state index is -2.82. The Labute approximate surface area is 164 Å². The number of rotatable bonds is 9. The Morgan fingerprint density at radius 2 is 1.58 bits per heavy atom. The van der Waals surface area contributed by atoms with E-state index < -0.39 is 12.3 Å². The molecule has 0 radical (unpaired) electrons. The van der Waals surface area contributed by atoms with Gasteiger partial charge in [-0.25, -0.2) is 0 Å². The Kier molecular flexibility index (Phi) is 6.97. The van der Waals surface area contributed by atoms with Gasteiger partial charge in [0.05, 0.1) is 5.16 Å². The van der Waals surface area contributed by atoms with Gasteiger partial charge in [-0.3, -0.25) is 4.79 Å². The molecule has 0 spiro atoms. The zero-order chi connectivity index (χ0) is 19.2. The summed E-state index contributed by atoms with van der Waals surface area (Å²) < 4.78 is 14.9. The Bertz CT molecular complexity index is 813. The summed E-state index contributed by atoms with van der Waals surface area (Å²) in [6.45, 7) is 9.51. The van der Waals surface area contributed by atoms with E-state index in [4.69, 9.17) is 0 Å². The summed E-state index contributed by atoms with van der Waals surface area (Å²) >= 11 is 3.44. The topological polar surface area (TPSA) is 34.1 Å². The maximum absolute atomic E-state index is 14.0. The molecule has 0 aliphatic rings. The van der Waals surface area contributed by atoms with Crippen LogP contribution in [0.25, 0.3) is 0 Å². The second-order valence-corrected chi connectivity index (χ2v) is 11.0. The van der Waals surface area contributed by atoms with E-state index >= 15 is 0 Å². The van der Waals surface area contributed by atoms with Crippen LogP contribution in [0.3, 0.4) is 0 Å². The van der Waals surface area contributed by atoms with Crippen molar-refractivity contribution in [3.8, 4) is 0 Å². The maximum atomic E-state index is 14.0. The van der Waals surface area contributed by atoms with Gasteiger partial charge in [0.2, 0.25) is 0 Å². The lowest BCUT2D eigenvalue weighted by Crippen LogP contribution is -2.28. The molecule has 0 heterocycles. The molecule has 136 valence electrons. The molecular weight excluding hydrogens is 407 g/mol. The van der Waals surface area contributed by atoms with Gasteiger partial charge in [-0.1, -0.05) is 70.5 Å². The summed E-state index contributed by atoms with van der Waals surface area (Å²) in [4.78, 5) is 13.0. The molecule has 0 aliphatic heterocycles. The number of carbonyl (C=O) groups excluding carboxylic acids is 1. The van der Waals surface area contributed by atoms with Crippen LogP contribution in [0.5, 0.6) is 0 Å². The molecule has 2 rings (SSSR count). The van der Waals surface area contributed by atoms with Gasteiger partial charge < -0.3 is 4.57 Å². The zero-order valence-electron chi connectivity index (χ0n) is 15.0. The fraction of sp³-hybridized carbons (Fsp3) is 0.227. The van der Waals surface area contributed by atoms with Gasteiger partial charge in [0.25, 0.3) is 0 Å². The first kappa shape index (κ1) is 20.6. The number of hydrogen-bond donors (Lipinski definition) is 0. The maximum Gasteiger partial charge on any atom is 0.164 e. The van der Waals surface area contributed by atoms with Gasteiger partial charge in [0.15, 0.2) is 5.78 Å². The number of ketones is 1. The Hall–Kier alpha value is -1.70. The second kappa shape index (κ2) is 8.79. The standard InChI is InChI=1S/C22H24BrO2P/c1-4-15-26(25,16-5-2)22(3,19-11-13-20(23)14-12-19)17-21(24)18-9-7-6-8-10-18/h4-14H,1-2,15-17H2,3H3/t22-/m1/s1. The van der Waals surface area contributed by atoms with Crippen LogP contribution in [0, 0.1) is 0 Å². The van der Waals surface area contributed by atoms with Crippen molar-refractivity contribution < 1.29 is 9.36 Å². The molecule has 0 bridgehead atoms. The molecule has 2 aromatic rings. The predicted octanol–water partition coefficient (Wildman–Crippen LogP) is 6.67. The van der Waals surface area contributed by atoms with Crippen molar-refractivity contribution in [3.05, 3.63) is 95.5 Å². The van der Waals surface area contributed by atoms with Crippen LogP contribution in [0.2, 0.25) is 0 Å². The second-order valence-electron chi connectivity index (χ2n) is 6.58. The van der Waals surface area contributed by atoms with Gasteiger partial charge in [-0.05, 0) is 24.6 Å². The first-order chi connectivity index (χ1) is 12.4. The van der Waals surface area contributed by atoms with Crippen LogP contribution < -0.4 is 0 Å². The molecule has 2 aromatic carbocycles. The van der Waals surface area contributed by atoms with E-state index in [0.29, 0.717) is 17.9 Å². The Morgan fingerprint density at radius 1 is 1.04 bits per heavy atom. The van der Waals surface area contributed by atoms with Crippen molar-refractivity contribution in [1.29, 1.82) is 0 Å². The SMILES string of the molecule is C=CCP(=O)(CC=C)[C@](C)(CC(=O)c1ccccc1)c1ccc(Br)cc1. The number of allylic oxidation sites excluding steroid dienone is 2. The summed E-state index contributed by atoms with van der Waals surface area (Å²) in [5, 5.41) is -0.789. The summed E-state index contributed by atoms with van der Waals surface area (Å²) in [7, 11) is -2.82. The van der Waals surface area contributed by atoms with Crippen molar-refractivity contribution >= 4 is 28.9 Å². The van der Waals surface area contributed by atoms with Crippen molar-refractivity contribution in [1.82, 2.24) is 0 Å². The summed E-state index contributed by atoms with van der Waals surface area (Å²) in [6, 6.07) is 16.9. The molecule has 1 atom stereocenters. The minimum Gasteiger partial charge on any atom is -0.322 e. The third kappa shape index (κ3) is 4.34. The van der Waals surface area contributed by atoms with Crippen molar-refractivity contribution in [2.45, 2.75) is 18.5 Å². The lowest BCUT2D eigenvalue weighted by Gasteiger charge is -2.37. The van der Waals surface area contributed by atoms with E-state index in [0.717, 1.165) is 10.0 Å². The smallest absolute Gasteiger partial charge is 0.164 e. The molecule has 0 amide bonds. The summed E-state index contributed by atoms with van der Waals surface area (Å²) in [5.41, 5.74) is 1.54. The molecule has 0 saturated carbocycles. The van der Waals surface area contributed by atoms with E-state index in [1.165, 1.54) is 0 Å². The van der Waals surface area contributed by atoms with E-state index in [9.17, 15) is 9.36 Å². The molecular formula is C22H24BrO2P. The highest BCUT2D eigenvalue weighted by atomic mass is 79.9. The molecule has 0 fully saturated rings. The molecule has 0 aliphatic carbocycles. The Balaban J connectivity index is 2.55. The van der Waals surface area contributed by atoms with Crippen LogP contribution in [-0.2, 0) is 9.72 Å². The molecule has 4 heteroatoms. The number of benzene rings is 2. The van der Waals surface area contributed by atoms with Crippen LogP contribution in [0.15, 0.2) is 84.4 Å². The van der Waals surface area contributed by atoms with Crippen molar-refractivity contribution in [3.63, 3.8) is 0 Å². The molecule has 0 unspecified atom stereocenters. The highest BCUT2D eigenvalue weighted by Crippen LogP contribution is 2.65. The van der Waals surface area contributed by atoms with Crippen LogP contribution in [-0.4, -0.2) is 18.1 Å². The van der Waals surface area contributed by atoms with Gasteiger partial charge in [-0.2, -0.15) is 0 Å². The predicted molar refractivity (Wildman–Crippen MR) is 115 cm³/mol. The monoisotopic (exact) mass is 430 g/mol. The number of halogens is 1. The molecule has 26 heavy (non-hydrogen) atoms. The molecule has 0 aromatic heterocycles. The molecule has 2 nitrogen and oxygen atoms in total. The average Bonchev–Trinajstić information content (AvgIpc) is 2.63. The van der Waals surface area contributed by atoms with E-state index in [2.05, 4.69) is 29.1 Å². The van der Waals surface area contributed by atoms with E-state index in [1.54, 1.807) is 24.3 Å². The van der Waals surface area contributed by atoms with Crippen LogP contribution in [0.1, 0.15) is 29.3 Å². The zero-order valence-corrected chi connectivity index (χ0v) is 17.5. The van der Waals surface area contributed by atoms with Crippen molar-refractivity contribution in [2.24, 2.45) is 0 Å². The summed E-state index contributed by atoms with van der Waals surface area (Å²) in [5.74, 6) is -0.00984. The number of carbonyl (C=O) groups is 1. The van der Waals surface area contributed by atoms with Gasteiger partial charge in [0.1, 0.15) is 7.14 Å². The summed E-state index contributed by atoms with van der Waals surface area (Å²) in [6.07, 6.45) is 4.29. The fourth-order valence-corrected chi connectivity index (χ4v) is 6.33. The number of Topliss-reactive ketones (excluding diaryl/α,β-unsaturated/α-hetero) is 1. The van der Waals surface area contributed by atoms with E-state index in [-0.39, 0.29) is 12.2 Å². The van der Waals surface area contributed by atoms with Crippen LogP contribution >= 0.6 is 23.1 Å². The Morgan fingerprint density at radius 3 is 2.08 bits per heavy atom. The largest absolute Gasteiger partial charge is 0.322 e. The minimum absolute atomic E-state index is 0.00984. The quantitative estimate of drug-likeness (QED) is 0.252. The van der Waals surface area contributed by atoms with Gasteiger partial charge >= 0.3 is 0 Å². The van der Waals surface area contributed by atoms with Gasteiger partial charge in [-0.15, -0.1) is 13.2 Å². The lowest BCUT2D eigenvalue weighted by atomic mass is 9.92. The lowest BCUT2D eigenvalue weighted by molar-refractivity contribution is 0.0968. The fourth-order valence-electron chi connectivity index (χ4n) is 3.22. The van der Waals surface area contributed by atoms with Crippen molar-refractivity contribution in [2.75, 3.05) is 12.3 Å². The third-order valence-corrected chi connectivity index (χ3v) is 9.25.